The van der Waals surface area contributed by atoms with Gasteiger partial charge >= 0.3 is 5.97 Å². The Hall–Kier alpha value is -1.57. The van der Waals surface area contributed by atoms with Gasteiger partial charge < -0.3 is 4.74 Å². The molecule has 0 amide bonds. The molecular formula is C12H14O2. The third-order valence-electron chi connectivity index (χ3n) is 1.72. The fraction of sp³-hybridized carbons (Fsp3) is 0.250. The summed E-state index contributed by atoms with van der Waals surface area (Å²) in [7, 11) is 0. The van der Waals surface area contributed by atoms with Gasteiger partial charge in [-0.2, -0.15) is 0 Å². The van der Waals surface area contributed by atoms with Crippen molar-refractivity contribution >= 4 is 12.0 Å². The minimum atomic E-state index is -0.245. The van der Waals surface area contributed by atoms with Crippen LogP contribution in [0.2, 0.25) is 0 Å². The summed E-state index contributed by atoms with van der Waals surface area (Å²) in [5.41, 5.74) is 2.16. The van der Waals surface area contributed by atoms with Crippen molar-refractivity contribution < 1.29 is 9.53 Å². The first-order valence-electron chi connectivity index (χ1n) is 4.54. The number of esters is 1. The van der Waals surface area contributed by atoms with Gasteiger partial charge in [0, 0.05) is 6.92 Å². The second-order valence-electron chi connectivity index (χ2n) is 3.18. The first-order chi connectivity index (χ1) is 6.68. The van der Waals surface area contributed by atoms with Gasteiger partial charge in [-0.3, -0.25) is 4.79 Å². The molecule has 0 bridgehead atoms. The molecule has 0 radical (unpaired) electrons. The molecular weight excluding hydrogens is 176 g/mol. The molecule has 0 aliphatic heterocycles. The molecule has 2 heteroatoms. The number of carbonyl (C=O) groups is 1. The summed E-state index contributed by atoms with van der Waals surface area (Å²) in [6, 6.07) is 9.95. The predicted molar refractivity (Wildman–Crippen MR) is 56.7 cm³/mol. The largest absolute Gasteiger partial charge is 0.461 e. The standard InChI is InChI=1S/C12H14O2/c1-10(9-14-11(2)13)8-12-6-4-3-5-7-12/h3-8H,9H2,1-2H3. The Morgan fingerprint density at radius 2 is 1.93 bits per heavy atom. The van der Waals surface area contributed by atoms with Gasteiger partial charge in [0.05, 0.1) is 0 Å². The molecule has 0 aromatic heterocycles. The van der Waals surface area contributed by atoms with Crippen LogP contribution in [0.25, 0.3) is 6.08 Å². The smallest absolute Gasteiger partial charge is 0.302 e. The molecule has 1 aromatic rings. The molecule has 0 saturated carbocycles. The molecule has 0 spiro atoms. The van der Waals surface area contributed by atoms with Gasteiger partial charge in [0.15, 0.2) is 0 Å². The fourth-order valence-electron chi connectivity index (χ4n) is 1.09. The Morgan fingerprint density at radius 3 is 2.50 bits per heavy atom. The van der Waals surface area contributed by atoms with E-state index >= 15 is 0 Å². The molecule has 0 aliphatic carbocycles. The van der Waals surface area contributed by atoms with E-state index in [1.807, 2.05) is 43.3 Å². The average molecular weight is 190 g/mol. The zero-order valence-corrected chi connectivity index (χ0v) is 8.49. The maximum atomic E-state index is 10.6. The predicted octanol–water partition coefficient (Wildman–Crippen LogP) is 2.65. The average Bonchev–Trinajstić information content (AvgIpc) is 2.16. The molecule has 2 nitrogen and oxygen atoms in total. The first-order valence-corrected chi connectivity index (χ1v) is 4.54. The van der Waals surface area contributed by atoms with E-state index in [4.69, 9.17) is 4.74 Å². The number of rotatable bonds is 3. The molecule has 0 heterocycles. The van der Waals surface area contributed by atoms with Gasteiger partial charge in [0.25, 0.3) is 0 Å². The summed E-state index contributed by atoms with van der Waals surface area (Å²) in [5.74, 6) is -0.245. The topological polar surface area (TPSA) is 26.3 Å². The van der Waals surface area contributed by atoms with E-state index in [2.05, 4.69) is 0 Å². The van der Waals surface area contributed by atoms with E-state index in [1.54, 1.807) is 0 Å². The normalized spacial score (nSPS) is 11.1. The molecule has 0 unspecified atom stereocenters. The third kappa shape index (κ3) is 3.90. The highest BCUT2D eigenvalue weighted by Crippen LogP contribution is 2.06. The molecule has 0 N–H and O–H groups in total. The van der Waals surface area contributed by atoms with Gasteiger partial charge in [-0.15, -0.1) is 0 Å². The van der Waals surface area contributed by atoms with Crippen molar-refractivity contribution in [3.05, 3.63) is 41.5 Å². The Kier molecular flexibility index (Phi) is 3.92. The third-order valence-corrected chi connectivity index (χ3v) is 1.72. The van der Waals surface area contributed by atoms with E-state index in [9.17, 15) is 4.79 Å². The lowest BCUT2D eigenvalue weighted by molar-refractivity contribution is -0.139. The van der Waals surface area contributed by atoms with Crippen molar-refractivity contribution in [3.63, 3.8) is 0 Å². The maximum Gasteiger partial charge on any atom is 0.302 e. The highest BCUT2D eigenvalue weighted by atomic mass is 16.5. The summed E-state index contributed by atoms with van der Waals surface area (Å²) < 4.78 is 4.87. The van der Waals surface area contributed by atoms with E-state index in [1.165, 1.54) is 6.92 Å². The van der Waals surface area contributed by atoms with Crippen LogP contribution in [-0.2, 0) is 9.53 Å². The van der Waals surface area contributed by atoms with Crippen LogP contribution in [-0.4, -0.2) is 12.6 Å². The Balaban J connectivity index is 2.56. The number of hydrogen-bond acceptors (Lipinski definition) is 2. The highest BCUT2D eigenvalue weighted by molar-refractivity contribution is 5.66. The molecule has 0 saturated heterocycles. The van der Waals surface area contributed by atoms with Gasteiger partial charge in [-0.1, -0.05) is 36.4 Å². The van der Waals surface area contributed by atoms with E-state index in [0.717, 1.165) is 11.1 Å². The molecule has 0 fully saturated rings. The quantitative estimate of drug-likeness (QED) is 0.685. The van der Waals surface area contributed by atoms with Gasteiger partial charge in [-0.25, -0.2) is 0 Å². The van der Waals surface area contributed by atoms with Crippen LogP contribution in [0.5, 0.6) is 0 Å². The van der Waals surface area contributed by atoms with Crippen LogP contribution < -0.4 is 0 Å². The first kappa shape index (κ1) is 10.5. The van der Waals surface area contributed by atoms with Crippen LogP contribution in [0.15, 0.2) is 35.9 Å². The lowest BCUT2D eigenvalue weighted by Gasteiger charge is -2.01. The molecule has 1 rings (SSSR count). The van der Waals surface area contributed by atoms with Crippen molar-refractivity contribution in [2.75, 3.05) is 6.61 Å². The van der Waals surface area contributed by atoms with Crippen LogP contribution in [0.4, 0.5) is 0 Å². The number of benzene rings is 1. The highest BCUT2D eigenvalue weighted by Gasteiger charge is 1.94. The van der Waals surface area contributed by atoms with Crippen molar-refractivity contribution in [2.45, 2.75) is 13.8 Å². The summed E-state index contributed by atoms with van der Waals surface area (Å²) in [4.78, 5) is 10.6. The Morgan fingerprint density at radius 1 is 1.29 bits per heavy atom. The van der Waals surface area contributed by atoms with Gasteiger partial charge in [-0.05, 0) is 18.1 Å². The number of ether oxygens (including phenoxy) is 1. The molecule has 0 aliphatic rings. The maximum absolute atomic E-state index is 10.6. The van der Waals surface area contributed by atoms with Crippen molar-refractivity contribution in [2.24, 2.45) is 0 Å². The summed E-state index contributed by atoms with van der Waals surface area (Å²) in [6.07, 6.45) is 2.00. The zero-order chi connectivity index (χ0) is 10.4. The number of carbonyl (C=O) groups excluding carboxylic acids is 1. The number of hydrogen-bond donors (Lipinski definition) is 0. The SMILES string of the molecule is CC(=O)OCC(C)=Cc1ccccc1. The van der Waals surface area contributed by atoms with Crippen LogP contribution >= 0.6 is 0 Å². The summed E-state index contributed by atoms with van der Waals surface area (Å²) >= 11 is 0. The minimum absolute atomic E-state index is 0.245. The van der Waals surface area contributed by atoms with Crippen molar-refractivity contribution in [1.29, 1.82) is 0 Å². The lowest BCUT2D eigenvalue weighted by atomic mass is 10.1. The lowest BCUT2D eigenvalue weighted by Crippen LogP contribution is -2.01. The molecule has 1 aromatic carbocycles. The fourth-order valence-corrected chi connectivity index (χ4v) is 1.09. The second-order valence-corrected chi connectivity index (χ2v) is 3.18. The summed E-state index contributed by atoms with van der Waals surface area (Å²) in [5, 5.41) is 0. The van der Waals surface area contributed by atoms with E-state index < -0.39 is 0 Å². The molecule has 14 heavy (non-hydrogen) atoms. The van der Waals surface area contributed by atoms with Crippen molar-refractivity contribution in [3.8, 4) is 0 Å². The monoisotopic (exact) mass is 190 g/mol. The molecule has 0 atom stereocenters. The zero-order valence-electron chi connectivity index (χ0n) is 8.49. The van der Waals surface area contributed by atoms with Crippen LogP contribution in [0.3, 0.4) is 0 Å². The summed E-state index contributed by atoms with van der Waals surface area (Å²) in [6.45, 7) is 3.72. The minimum Gasteiger partial charge on any atom is -0.461 e. The van der Waals surface area contributed by atoms with Crippen molar-refractivity contribution in [1.82, 2.24) is 0 Å². The van der Waals surface area contributed by atoms with Crippen LogP contribution in [0, 0.1) is 0 Å². The van der Waals surface area contributed by atoms with Crippen LogP contribution in [0.1, 0.15) is 19.4 Å². The Labute approximate surface area is 84.2 Å². The second kappa shape index (κ2) is 5.22. The van der Waals surface area contributed by atoms with Gasteiger partial charge in [0.1, 0.15) is 6.61 Å². The van der Waals surface area contributed by atoms with Gasteiger partial charge in [0.2, 0.25) is 0 Å². The Bertz CT molecular complexity index is 325. The van der Waals surface area contributed by atoms with E-state index in [0.29, 0.717) is 6.61 Å². The molecule has 74 valence electrons. The van der Waals surface area contributed by atoms with E-state index in [-0.39, 0.29) is 5.97 Å².